The van der Waals surface area contributed by atoms with Gasteiger partial charge in [-0.1, -0.05) is 96.6 Å². The van der Waals surface area contributed by atoms with Crippen molar-refractivity contribution in [2.45, 2.75) is 98.3 Å². The van der Waals surface area contributed by atoms with E-state index < -0.39 is 82.3 Å². The van der Waals surface area contributed by atoms with E-state index in [9.17, 15) is 73.4 Å². The van der Waals surface area contributed by atoms with Crippen molar-refractivity contribution in [3.8, 4) is 51.6 Å². The van der Waals surface area contributed by atoms with Crippen molar-refractivity contribution in [1.29, 1.82) is 5.26 Å². The number of methoxy groups -OCH3 is 1. The summed E-state index contributed by atoms with van der Waals surface area (Å²) in [7, 11) is 1.09. The molecule has 0 spiro atoms. The second-order valence-corrected chi connectivity index (χ2v) is 23.7. The number of carbonyl (C=O) groups is 10. The van der Waals surface area contributed by atoms with Crippen LogP contribution in [0.2, 0.25) is 0 Å². The van der Waals surface area contributed by atoms with Gasteiger partial charge in [0.1, 0.15) is 78.4 Å². The molecule has 0 aliphatic heterocycles. The largest absolute Gasteiger partial charge is 1.00 e. The van der Waals surface area contributed by atoms with Crippen LogP contribution in [-0.4, -0.2) is 201 Å². The molecule has 115 heavy (non-hydrogen) atoms. The number of anilines is 1. The van der Waals surface area contributed by atoms with Gasteiger partial charge in [0, 0.05) is 59.4 Å². The number of nitrogens with one attached hydrogen (secondary N) is 7. The van der Waals surface area contributed by atoms with Gasteiger partial charge in [0.05, 0.1) is 31.3 Å². The van der Waals surface area contributed by atoms with E-state index in [1.807, 2.05) is 69.3 Å². The fourth-order valence-corrected chi connectivity index (χ4v) is 9.58. The van der Waals surface area contributed by atoms with Gasteiger partial charge in [-0.25, -0.2) is 29.9 Å². The maximum absolute atomic E-state index is 11.6. The van der Waals surface area contributed by atoms with E-state index >= 15 is 0 Å². The van der Waals surface area contributed by atoms with E-state index in [1.165, 1.54) is 38.1 Å². The van der Waals surface area contributed by atoms with Gasteiger partial charge in [-0.05, 0) is 76.4 Å². The third-order valence-electron chi connectivity index (χ3n) is 15.1. The van der Waals surface area contributed by atoms with Crippen molar-refractivity contribution in [3.63, 3.8) is 0 Å². The average molecular weight is 1590 g/mol. The predicted molar refractivity (Wildman–Crippen MR) is 391 cm³/mol. The van der Waals surface area contributed by atoms with Gasteiger partial charge in [-0.15, -0.1) is 0 Å². The summed E-state index contributed by atoms with van der Waals surface area (Å²) in [6.07, 6.45) is -0.814. The third-order valence-corrected chi connectivity index (χ3v) is 15.1. The Morgan fingerprint density at radius 1 is 0.539 bits per heavy atom. The molecule has 0 bridgehead atoms. The number of esters is 3. The predicted octanol–water partition coefficient (Wildman–Crippen LogP) is 1.94. The first-order valence-electron chi connectivity index (χ1n) is 33.7. The van der Waals surface area contributed by atoms with Crippen LogP contribution in [0.1, 0.15) is 114 Å². The average Bonchev–Trinajstić information content (AvgIpc) is 1.31. The van der Waals surface area contributed by atoms with Gasteiger partial charge in [-0.2, -0.15) is 35.9 Å². The van der Waals surface area contributed by atoms with Crippen molar-refractivity contribution in [2.24, 2.45) is 5.92 Å². The Morgan fingerprint density at radius 3 is 1.49 bits per heavy atom. The van der Waals surface area contributed by atoms with Crippen LogP contribution in [-0.2, 0) is 94.3 Å². The van der Waals surface area contributed by atoms with Crippen LogP contribution in [0.5, 0.6) is 0 Å². The standard InChI is InChI=1S/C15H14N4O4.C14H15N3O4.C13H14N4O3.C11H11N3O2.C10H8N4O4.C9H13N3O4.Na/c1-8-3-5-9(6-4-8)12-17-13(19-18-12)11(14(20)21)10(7-16)15(22)23-2;1-2-21-11(18)8-10-15-13(17-16-10)12(14(19)20)9-6-4-3-5-7-9;1-7-3-4-9(5-10(7)14-8(2)18)13-15-11(16-17-13)6-12(19)20;1-7-4-2-3-5-8(7)11-12-9(13-14-11)6-10(15)16;15-9(16)5-8-11-10(13-12-8)6-1-3-7(4-2-6)14(17)18;1-3-16-7(13)4-6-10-8(12-11-6)5(2)9(14)15;/h3-6,10-11H,1-2H3,(H,20,21)(H,17,18,19);3-7,12H,2,8H2,1H3,(H,19,20)(H,15,16,17);3-5H,6H2,1-2H3,(H,14,18)(H,19,20)(H,15,16,17);2-5H,6H2,1H3,(H,15,16)(H,12,13,14);1-4H,5H2,(H,15,16)(H,11,12,13);5H,3-4H2,1-2H3,(H,14,15)(H,10,11,12);/q;;;;;;+1/p-1. The minimum Gasteiger partial charge on any atom is -0.550 e. The Balaban J connectivity index is 0.000000247. The number of nitro benzene ring substituents is 1. The second kappa shape index (κ2) is 45.0. The SMILES string of the molecule is CC(=O)Nc1cc(-c2n[nH]c(CC(=O)O)n2)ccc1C.CCOC(=O)Cc1nc(C(C(=O)O)c2ccccc2)n[nH]1.CCOC(=O)Cc1nc(C(C)C(=O)O)n[nH]1.COC(=O)C(C#N)C(C(=O)O)c1nc(-c2ccc(C)cc2)n[nH]1.Cc1ccccc1-c1n[nH]c(CC(=O)O)n1.O=C([O-])Cc1nc(-c2ccc([N+](=O)[O-])cc2)n[nH]1.[Na+]. The molecule has 6 aromatic heterocycles. The number of benzene rings is 5. The number of hydrogen-bond donors (Lipinski definition) is 12. The van der Waals surface area contributed by atoms with Gasteiger partial charge in [0.2, 0.25) is 5.91 Å². The Hall–Kier alpha value is -14.5. The topological polar surface area (TPSA) is 651 Å². The Kier molecular flexibility index (Phi) is 35.7. The van der Waals surface area contributed by atoms with Gasteiger partial charge in [-0.3, -0.25) is 83.9 Å². The fourth-order valence-electron chi connectivity index (χ4n) is 9.58. The summed E-state index contributed by atoms with van der Waals surface area (Å²) in [6, 6.07) is 36.4. The van der Waals surface area contributed by atoms with Gasteiger partial charge in [0.25, 0.3) is 5.69 Å². The molecule has 4 atom stereocenters. The van der Waals surface area contributed by atoms with Gasteiger partial charge in [0.15, 0.2) is 40.9 Å². The number of carboxylic acids is 6. The number of rotatable bonds is 27. The molecule has 0 radical (unpaired) electrons. The van der Waals surface area contributed by atoms with Crippen LogP contribution in [0, 0.1) is 48.1 Å². The molecule has 43 heteroatoms. The van der Waals surface area contributed by atoms with Crippen LogP contribution >= 0.6 is 0 Å². The molecule has 0 saturated carbocycles. The first-order chi connectivity index (χ1) is 54.3. The number of carbonyl (C=O) groups excluding carboxylic acids is 5. The molecule has 0 aliphatic rings. The Morgan fingerprint density at radius 2 is 1.00 bits per heavy atom. The van der Waals surface area contributed by atoms with Gasteiger partial charge >= 0.3 is 77.3 Å². The number of nitriles is 1. The summed E-state index contributed by atoms with van der Waals surface area (Å²) in [5.41, 5.74) is 7.12. The molecule has 42 nitrogen and oxygen atoms in total. The molecule has 4 unspecified atom stereocenters. The zero-order valence-electron chi connectivity index (χ0n) is 62.8. The van der Waals surface area contributed by atoms with Crippen molar-refractivity contribution in [2.75, 3.05) is 25.6 Å². The zero-order chi connectivity index (χ0) is 83.7. The van der Waals surface area contributed by atoms with E-state index in [2.05, 4.69) is 101 Å². The molecule has 11 aromatic rings. The smallest absolute Gasteiger partial charge is 0.550 e. The summed E-state index contributed by atoms with van der Waals surface area (Å²) in [5.74, 6) is -10.2. The first kappa shape index (κ1) is 91.1. The minimum absolute atomic E-state index is 0. The van der Waals surface area contributed by atoms with Crippen LogP contribution in [0.25, 0.3) is 45.6 Å². The van der Waals surface area contributed by atoms with E-state index in [0.717, 1.165) is 29.4 Å². The van der Waals surface area contributed by atoms with Crippen LogP contribution in [0.3, 0.4) is 0 Å². The summed E-state index contributed by atoms with van der Waals surface area (Å²) in [5, 5.41) is 116. The van der Waals surface area contributed by atoms with Crippen molar-refractivity contribution >= 4 is 71.0 Å². The Labute approximate surface area is 672 Å². The summed E-state index contributed by atoms with van der Waals surface area (Å²) in [4.78, 5) is 144. The Bertz CT molecular complexity index is 5190. The zero-order valence-corrected chi connectivity index (χ0v) is 64.8. The number of nitrogens with zero attached hydrogens (tertiary/aromatic N) is 14. The number of aromatic amines is 6. The van der Waals surface area contributed by atoms with E-state index in [0.29, 0.717) is 57.8 Å². The molecule has 5 aromatic carbocycles. The van der Waals surface area contributed by atoms with E-state index in [1.54, 1.807) is 68.4 Å². The second-order valence-electron chi connectivity index (χ2n) is 23.7. The monoisotopic (exact) mass is 1590 g/mol. The van der Waals surface area contributed by atoms with Crippen LogP contribution in [0.15, 0.2) is 121 Å². The fraction of sp³-hybridized carbons (Fsp3) is 0.264. The van der Waals surface area contributed by atoms with Crippen molar-refractivity contribution in [3.05, 3.63) is 200 Å². The number of aliphatic carboxylic acids is 6. The number of aryl methyl sites for hydroxylation is 3. The van der Waals surface area contributed by atoms with Crippen LogP contribution < -0.4 is 40.0 Å². The summed E-state index contributed by atoms with van der Waals surface area (Å²) < 4.78 is 14.0. The molecule has 594 valence electrons. The van der Waals surface area contributed by atoms with Crippen molar-refractivity contribution < 1.29 is 127 Å². The first-order valence-corrected chi connectivity index (χ1v) is 33.7. The number of amides is 1. The number of ether oxygens (including phenoxy) is 3. The van der Waals surface area contributed by atoms with Crippen molar-refractivity contribution in [1.82, 2.24) is 91.1 Å². The number of non-ortho nitro benzene ring substituents is 1. The molecular formula is C72H74N21NaO21. The molecule has 0 aliphatic carbocycles. The summed E-state index contributed by atoms with van der Waals surface area (Å²) in [6.45, 7) is 12.7. The quantitative estimate of drug-likeness (QED) is 0.0115. The molecule has 0 saturated heterocycles. The number of aromatic nitrogens is 18. The molecule has 0 fully saturated rings. The number of hydrogen-bond acceptors (Lipinski definition) is 29. The minimum atomic E-state index is -1.52. The molecule has 11 rings (SSSR count). The van der Waals surface area contributed by atoms with E-state index in [4.69, 9.17) is 30.1 Å². The third kappa shape index (κ3) is 28.7. The number of nitro groups is 1. The number of H-pyrrole nitrogens is 6. The van der Waals surface area contributed by atoms with Gasteiger partial charge < -0.3 is 55.0 Å². The normalized spacial score (nSPS) is 11.3. The molecular weight excluding hydrogens is 1520 g/mol. The molecule has 1 amide bonds. The maximum atomic E-state index is 11.6. The summed E-state index contributed by atoms with van der Waals surface area (Å²) >= 11 is 0. The molecule has 12 N–H and O–H groups in total. The van der Waals surface area contributed by atoms with Crippen LogP contribution in [0.4, 0.5) is 11.4 Å². The van der Waals surface area contributed by atoms with E-state index in [-0.39, 0.29) is 126 Å². The molecule has 6 heterocycles. The number of carboxylic acid groups (broad SMARTS) is 6. The maximum Gasteiger partial charge on any atom is 1.00 e.